The second kappa shape index (κ2) is 7.47. The minimum Gasteiger partial charge on any atom is -0.493 e. The third-order valence-corrected chi connectivity index (χ3v) is 5.10. The Labute approximate surface area is 158 Å². The van der Waals surface area contributed by atoms with Crippen molar-refractivity contribution in [1.82, 2.24) is 5.32 Å². The van der Waals surface area contributed by atoms with Crippen LogP contribution in [-0.4, -0.2) is 25.9 Å². The van der Waals surface area contributed by atoms with Crippen molar-refractivity contribution in [3.05, 3.63) is 45.9 Å². The van der Waals surface area contributed by atoms with Crippen LogP contribution in [0, 0.1) is 13.8 Å². The number of methoxy groups -OCH3 is 2. The topological polar surface area (TPSA) is 77.8 Å². The number of hydrogen-bond acceptors (Lipinski definition) is 5. The number of benzene rings is 1. The Morgan fingerprint density at radius 1 is 1.15 bits per heavy atom. The van der Waals surface area contributed by atoms with Gasteiger partial charge in [0.05, 0.1) is 25.8 Å². The molecule has 27 heavy (non-hydrogen) atoms. The molecule has 6 heteroatoms. The maximum absolute atomic E-state index is 12.8. The van der Waals surface area contributed by atoms with Gasteiger partial charge >= 0.3 is 0 Å². The van der Waals surface area contributed by atoms with E-state index in [-0.39, 0.29) is 23.5 Å². The number of aryl methyl sites for hydroxylation is 2. The summed E-state index contributed by atoms with van der Waals surface area (Å²) in [6.45, 7) is 5.62. The molecule has 1 heterocycles. The zero-order valence-corrected chi connectivity index (χ0v) is 16.4. The standard InChI is InChI=1S/C21H25NO5/c1-11-9-17(25-4)18(26-5)10-14(11)13(3)22-21(24)20-12(2)19-15(23)7-6-8-16(19)27-20/h9-10,13H,6-8H2,1-5H3,(H,22,24)/t13-/m1/s1. The third-order valence-electron chi connectivity index (χ3n) is 5.10. The number of carbonyl (C=O) groups excluding carboxylic acids is 2. The monoisotopic (exact) mass is 371 g/mol. The Morgan fingerprint density at radius 2 is 1.81 bits per heavy atom. The summed E-state index contributed by atoms with van der Waals surface area (Å²) in [5.41, 5.74) is 3.11. The van der Waals surface area contributed by atoms with Crippen LogP contribution >= 0.6 is 0 Å². The Kier molecular flexibility index (Phi) is 5.26. The summed E-state index contributed by atoms with van der Waals surface area (Å²) in [4.78, 5) is 24.9. The highest BCUT2D eigenvalue weighted by molar-refractivity contribution is 6.03. The molecule has 1 aliphatic carbocycles. The number of furan rings is 1. The summed E-state index contributed by atoms with van der Waals surface area (Å²) < 4.78 is 16.4. The number of hydrogen-bond donors (Lipinski definition) is 1. The number of Topliss-reactive ketones (excluding diaryl/α,β-unsaturated/α-hetero) is 1. The molecule has 0 bridgehead atoms. The zero-order valence-electron chi connectivity index (χ0n) is 16.4. The summed E-state index contributed by atoms with van der Waals surface area (Å²) in [7, 11) is 3.17. The molecule has 1 aromatic heterocycles. The van der Waals surface area contributed by atoms with Crippen LogP contribution in [0.25, 0.3) is 0 Å². The number of fused-ring (bicyclic) bond motifs is 1. The average Bonchev–Trinajstić information content (AvgIpc) is 2.99. The van der Waals surface area contributed by atoms with Gasteiger partial charge in [0.15, 0.2) is 23.0 Å². The van der Waals surface area contributed by atoms with E-state index in [1.165, 1.54) is 0 Å². The van der Waals surface area contributed by atoms with Crippen LogP contribution in [0.15, 0.2) is 16.5 Å². The fourth-order valence-electron chi connectivity index (χ4n) is 3.67. The van der Waals surface area contributed by atoms with Crippen molar-refractivity contribution in [2.75, 3.05) is 14.2 Å². The number of rotatable bonds is 5. The number of carbonyl (C=O) groups is 2. The van der Waals surface area contributed by atoms with Crippen molar-refractivity contribution in [3.63, 3.8) is 0 Å². The molecule has 1 N–H and O–H groups in total. The molecule has 0 saturated heterocycles. The predicted molar refractivity (Wildman–Crippen MR) is 101 cm³/mol. The van der Waals surface area contributed by atoms with Crippen molar-refractivity contribution in [2.24, 2.45) is 0 Å². The van der Waals surface area contributed by atoms with E-state index in [4.69, 9.17) is 13.9 Å². The van der Waals surface area contributed by atoms with Gasteiger partial charge in [0.25, 0.3) is 5.91 Å². The highest BCUT2D eigenvalue weighted by atomic mass is 16.5. The molecule has 3 rings (SSSR count). The third kappa shape index (κ3) is 3.44. The van der Waals surface area contributed by atoms with Gasteiger partial charge in [-0.15, -0.1) is 0 Å². The predicted octanol–water partition coefficient (Wildman–Crippen LogP) is 3.92. The minimum absolute atomic E-state index is 0.0559. The first kappa shape index (κ1) is 19.0. The van der Waals surface area contributed by atoms with E-state index in [0.717, 1.165) is 17.5 Å². The summed E-state index contributed by atoms with van der Waals surface area (Å²) in [5, 5.41) is 2.97. The van der Waals surface area contributed by atoms with Gasteiger partial charge < -0.3 is 19.2 Å². The van der Waals surface area contributed by atoms with Crippen molar-refractivity contribution < 1.29 is 23.5 Å². The molecule has 0 spiro atoms. The lowest BCUT2D eigenvalue weighted by molar-refractivity contribution is 0.0906. The second-order valence-electron chi connectivity index (χ2n) is 6.89. The van der Waals surface area contributed by atoms with E-state index in [9.17, 15) is 9.59 Å². The molecular formula is C21H25NO5. The molecule has 0 aliphatic heterocycles. The van der Waals surface area contributed by atoms with Gasteiger partial charge in [0.2, 0.25) is 0 Å². The zero-order chi connectivity index (χ0) is 19.7. The molecule has 1 aliphatic rings. The Bertz CT molecular complexity index is 896. The number of ether oxygens (including phenoxy) is 2. The van der Waals surface area contributed by atoms with Crippen molar-refractivity contribution >= 4 is 11.7 Å². The molecule has 0 saturated carbocycles. The van der Waals surface area contributed by atoms with E-state index < -0.39 is 0 Å². The van der Waals surface area contributed by atoms with Gasteiger partial charge in [-0.3, -0.25) is 9.59 Å². The largest absolute Gasteiger partial charge is 0.493 e. The maximum atomic E-state index is 12.8. The summed E-state index contributed by atoms with van der Waals surface area (Å²) in [6.07, 6.45) is 1.97. The van der Waals surface area contributed by atoms with Crippen LogP contribution in [0.4, 0.5) is 0 Å². The molecule has 0 radical (unpaired) electrons. The van der Waals surface area contributed by atoms with Crippen LogP contribution < -0.4 is 14.8 Å². The van der Waals surface area contributed by atoms with E-state index in [1.54, 1.807) is 21.1 Å². The molecule has 0 unspecified atom stereocenters. The molecule has 2 aromatic rings. The van der Waals surface area contributed by atoms with Crippen molar-refractivity contribution in [3.8, 4) is 11.5 Å². The number of amides is 1. The normalized spacial score (nSPS) is 14.5. The fraction of sp³-hybridized carbons (Fsp3) is 0.429. The Morgan fingerprint density at radius 3 is 2.44 bits per heavy atom. The maximum Gasteiger partial charge on any atom is 0.287 e. The quantitative estimate of drug-likeness (QED) is 0.862. The SMILES string of the molecule is COc1cc(C)c([C@@H](C)NC(=O)c2oc3c(c2C)C(=O)CCC3)cc1OC. The van der Waals surface area contributed by atoms with Crippen LogP contribution in [0.2, 0.25) is 0 Å². The second-order valence-corrected chi connectivity index (χ2v) is 6.89. The van der Waals surface area contributed by atoms with Gasteiger partial charge in [-0.2, -0.15) is 0 Å². The first-order valence-corrected chi connectivity index (χ1v) is 9.06. The molecule has 1 aromatic carbocycles. The highest BCUT2D eigenvalue weighted by Crippen LogP contribution is 2.33. The van der Waals surface area contributed by atoms with Gasteiger partial charge in [0, 0.05) is 18.4 Å². The van der Waals surface area contributed by atoms with Gasteiger partial charge in [0.1, 0.15) is 5.76 Å². The van der Waals surface area contributed by atoms with Crippen LogP contribution in [0.5, 0.6) is 11.5 Å². The van der Waals surface area contributed by atoms with Crippen LogP contribution in [0.1, 0.15) is 69.2 Å². The lowest BCUT2D eigenvalue weighted by Crippen LogP contribution is -2.27. The summed E-state index contributed by atoms with van der Waals surface area (Å²) in [5.74, 6) is 1.83. The molecule has 0 fully saturated rings. The molecular weight excluding hydrogens is 346 g/mol. The first-order valence-electron chi connectivity index (χ1n) is 9.06. The smallest absolute Gasteiger partial charge is 0.287 e. The highest BCUT2D eigenvalue weighted by Gasteiger charge is 2.29. The molecule has 6 nitrogen and oxygen atoms in total. The van der Waals surface area contributed by atoms with Crippen molar-refractivity contribution in [1.29, 1.82) is 0 Å². The number of ketones is 1. The summed E-state index contributed by atoms with van der Waals surface area (Å²) >= 11 is 0. The van der Waals surface area contributed by atoms with E-state index in [2.05, 4.69) is 5.32 Å². The van der Waals surface area contributed by atoms with E-state index >= 15 is 0 Å². The Hall–Kier alpha value is -2.76. The van der Waals surface area contributed by atoms with E-state index in [0.29, 0.717) is 41.2 Å². The van der Waals surface area contributed by atoms with Gasteiger partial charge in [-0.1, -0.05) is 0 Å². The van der Waals surface area contributed by atoms with Crippen molar-refractivity contribution in [2.45, 2.75) is 46.1 Å². The van der Waals surface area contributed by atoms with Crippen LogP contribution in [-0.2, 0) is 6.42 Å². The first-order chi connectivity index (χ1) is 12.9. The van der Waals surface area contributed by atoms with Crippen LogP contribution in [0.3, 0.4) is 0 Å². The molecule has 1 atom stereocenters. The van der Waals surface area contributed by atoms with E-state index in [1.807, 2.05) is 26.0 Å². The lowest BCUT2D eigenvalue weighted by atomic mass is 9.94. The van der Waals surface area contributed by atoms with Gasteiger partial charge in [-0.05, 0) is 50.5 Å². The summed E-state index contributed by atoms with van der Waals surface area (Å²) in [6, 6.07) is 3.48. The minimum atomic E-state index is -0.323. The number of nitrogens with one attached hydrogen (secondary N) is 1. The molecule has 144 valence electrons. The average molecular weight is 371 g/mol. The Balaban J connectivity index is 1.86. The molecule has 1 amide bonds. The van der Waals surface area contributed by atoms with Gasteiger partial charge in [-0.25, -0.2) is 0 Å². The lowest BCUT2D eigenvalue weighted by Gasteiger charge is -2.19. The fourth-order valence-corrected chi connectivity index (χ4v) is 3.67.